The number of hydrogen-bond donors (Lipinski definition) is 1. The zero-order chi connectivity index (χ0) is 10.6. The lowest BCUT2D eigenvalue weighted by molar-refractivity contribution is 0.627. The molecule has 0 aromatic heterocycles. The fourth-order valence-electron chi connectivity index (χ4n) is 0.942. The van der Waals surface area contributed by atoms with Crippen molar-refractivity contribution in [2.75, 3.05) is 11.9 Å². The molecule has 0 bridgehead atoms. The van der Waals surface area contributed by atoms with Crippen LogP contribution in [0.3, 0.4) is 0 Å². The predicted molar refractivity (Wildman–Crippen MR) is 57.4 cm³/mol. The second kappa shape index (κ2) is 4.97. The fourth-order valence-corrected chi connectivity index (χ4v) is 1.27. The van der Waals surface area contributed by atoms with Crippen molar-refractivity contribution < 1.29 is 4.39 Å². The molecule has 0 radical (unpaired) electrons. The van der Waals surface area contributed by atoms with Crippen LogP contribution in [0.1, 0.15) is 6.92 Å². The Morgan fingerprint density at radius 2 is 2.36 bits per heavy atom. The molecule has 0 fully saturated rings. The number of hydrogen-bond acceptors (Lipinski definition) is 2. The average molecular weight is 257 g/mol. The largest absolute Gasteiger partial charge is 0.381 e. The van der Waals surface area contributed by atoms with Gasteiger partial charge < -0.3 is 5.32 Å². The summed E-state index contributed by atoms with van der Waals surface area (Å²) in [7, 11) is 0. The van der Waals surface area contributed by atoms with Gasteiger partial charge in [0.25, 0.3) is 0 Å². The molecule has 0 aliphatic heterocycles. The first-order valence-corrected chi connectivity index (χ1v) is 5.01. The monoisotopic (exact) mass is 256 g/mol. The fraction of sp³-hybridized carbons (Fsp3) is 0.300. The Balaban J connectivity index is 2.64. The van der Waals surface area contributed by atoms with Crippen molar-refractivity contribution in [2.24, 2.45) is 5.92 Å². The normalized spacial score (nSPS) is 11.9. The molecule has 0 aliphatic carbocycles. The summed E-state index contributed by atoms with van der Waals surface area (Å²) in [5, 5.41) is 11.4. The summed E-state index contributed by atoms with van der Waals surface area (Å²) < 4.78 is 13.9. The van der Waals surface area contributed by atoms with Crippen LogP contribution in [0.15, 0.2) is 22.7 Å². The van der Waals surface area contributed by atoms with Gasteiger partial charge in [-0.25, -0.2) is 4.39 Å². The summed E-state index contributed by atoms with van der Waals surface area (Å²) in [5.74, 6) is -0.442. The molecular weight excluding hydrogens is 247 g/mol. The van der Waals surface area contributed by atoms with E-state index in [1.165, 1.54) is 6.07 Å². The molecule has 2 nitrogen and oxygen atoms in total. The number of nitrogens with one attached hydrogen (secondary N) is 1. The van der Waals surface area contributed by atoms with Gasteiger partial charge in [-0.1, -0.05) is 15.9 Å². The van der Waals surface area contributed by atoms with Crippen LogP contribution in [0.2, 0.25) is 0 Å². The van der Waals surface area contributed by atoms with Crippen LogP contribution in [0.25, 0.3) is 0 Å². The highest BCUT2D eigenvalue weighted by Gasteiger charge is 2.04. The van der Waals surface area contributed by atoms with Crippen molar-refractivity contribution in [3.63, 3.8) is 0 Å². The van der Waals surface area contributed by atoms with Gasteiger partial charge in [0.1, 0.15) is 5.82 Å². The van der Waals surface area contributed by atoms with Gasteiger partial charge >= 0.3 is 0 Å². The molecule has 1 unspecified atom stereocenters. The number of halogens is 2. The van der Waals surface area contributed by atoms with E-state index < -0.39 is 0 Å². The van der Waals surface area contributed by atoms with E-state index in [9.17, 15) is 4.39 Å². The van der Waals surface area contributed by atoms with E-state index in [-0.39, 0.29) is 11.7 Å². The lowest BCUT2D eigenvalue weighted by Crippen LogP contribution is -2.10. The smallest absolute Gasteiger partial charge is 0.147 e. The van der Waals surface area contributed by atoms with Crippen molar-refractivity contribution in [3.05, 3.63) is 28.5 Å². The van der Waals surface area contributed by atoms with E-state index >= 15 is 0 Å². The minimum absolute atomic E-state index is 0.127. The Morgan fingerprint density at radius 1 is 1.64 bits per heavy atom. The Kier molecular flexibility index (Phi) is 3.90. The molecular formula is C10H10BrFN2. The number of nitriles is 1. The van der Waals surface area contributed by atoms with E-state index in [0.717, 1.165) is 0 Å². The summed E-state index contributed by atoms with van der Waals surface area (Å²) in [6.07, 6.45) is 0. The molecule has 0 heterocycles. The lowest BCUT2D eigenvalue weighted by atomic mass is 10.2. The van der Waals surface area contributed by atoms with Crippen LogP contribution in [-0.4, -0.2) is 6.54 Å². The second-order valence-corrected chi connectivity index (χ2v) is 3.95. The molecule has 1 aromatic carbocycles. The standard InChI is InChI=1S/C10H10BrFN2/c1-7(5-13)6-14-10-3-2-8(11)4-9(10)12/h2-4,7,14H,6H2,1H3. The molecule has 4 heteroatoms. The van der Waals surface area contributed by atoms with Crippen LogP contribution in [0.4, 0.5) is 10.1 Å². The maximum atomic E-state index is 13.2. The third-order valence-corrected chi connectivity index (χ3v) is 2.24. The molecule has 74 valence electrons. The molecule has 0 saturated carbocycles. The van der Waals surface area contributed by atoms with Crippen molar-refractivity contribution in [1.82, 2.24) is 0 Å². The molecule has 0 amide bonds. The molecule has 0 aliphatic rings. The van der Waals surface area contributed by atoms with Crippen LogP contribution in [0, 0.1) is 23.1 Å². The average Bonchev–Trinajstić information content (AvgIpc) is 2.16. The summed E-state index contributed by atoms with van der Waals surface area (Å²) >= 11 is 3.17. The van der Waals surface area contributed by atoms with Gasteiger partial charge in [0.05, 0.1) is 17.7 Å². The van der Waals surface area contributed by atoms with Gasteiger partial charge in [-0.3, -0.25) is 0 Å². The molecule has 0 spiro atoms. The van der Waals surface area contributed by atoms with Crippen LogP contribution >= 0.6 is 15.9 Å². The molecule has 0 saturated heterocycles. The van der Waals surface area contributed by atoms with E-state index in [4.69, 9.17) is 5.26 Å². The van der Waals surface area contributed by atoms with Crippen molar-refractivity contribution in [2.45, 2.75) is 6.92 Å². The Bertz CT molecular complexity index is 360. The SMILES string of the molecule is CC(C#N)CNc1ccc(Br)cc1F. The zero-order valence-electron chi connectivity index (χ0n) is 7.72. The van der Waals surface area contributed by atoms with E-state index in [1.54, 1.807) is 19.1 Å². The summed E-state index contributed by atoms with van der Waals surface area (Å²) in [6, 6.07) is 6.85. The van der Waals surface area contributed by atoms with E-state index in [2.05, 4.69) is 27.3 Å². The summed E-state index contributed by atoms with van der Waals surface area (Å²) in [5.41, 5.74) is 0.426. The van der Waals surface area contributed by atoms with Crippen molar-refractivity contribution in [1.29, 1.82) is 5.26 Å². The minimum atomic E-state index is -0.315. The third kappa shape index (κ3) is 3.00. The quantitative estimate of drug-likeness (QED) is 0.902. The van der Waals surface area contributed by atoms with Gasteiger partial charge in [-0.05, 0) is 25.1 Å². The van der Waals surface area contributed by atoms with Crippen molar-refractivity contribution in [3.8, 4) is 6.07 Å². The molecule has 1 atom stereocenters. The highest BCUT2D eigenvalue weighted by Crippen LogP contribution is 2.19. The molecule has 1 aromatic rings. The first-order valence-electron chi connectivity index (χ1n) is 4.22. The van der Waals surface area contributed by atoms with Gasteiger partial charge in [-0.15, -0.1) is 0 Å². The van der Waals surface area contributed by atoms with Crippen LogP contribution < -0.4 is 5.32 Å². The van der Waals surface area contributed by atoms with Crippen LogP contribution in [-0.2, 0) is 0 Å². The Labute approximate surface area is 90.9 Å². The van der Waals surface area contributed by atoms with E-state index in [1.807, 2.05) is 0 Å². The zero-order valence-corrected chi connectivity index (χ0v) is 9.31. The summed E-state index contributed by atoms with van der Waals surface area (Å²) in [6.45, 7) is 2.23. The number of rotatable bonds is 3. The molecule has 1 N–H and O–H groups in total. The maximum Gasteiger partial charge on any atom is 0.147 e. The highest BCUT2D eigenvalue weighted by molar-refractivity contribution is 9.10. The maximum absolute atomic E-state index is 13.2. The Hall–Kier alpha value is -1.08. The van der Waals surface area contributed by atoms with Crippen molar-refractivity contribution >= 4 is 21.6 Å². The first-order chi connectivity index (χ1) is 6.63. The second-order valence-electron chi connectivity index (χ2n) is 3.04. The van der Waals surface area contributed by atoms with Gasteiger partial charge in [-0.2, -0.15) is 5.26 Å². The lowest BCUT2D eigenvalue weighted by Gasteiger charge is -2.08. The molecule has 1 rings (SSSR count). The van der Waals surface area contributed by atoms with Crippen LogP contribution in [0.5, 0.6) is 0 Å². The van der Waals surface area contributed by atoms with E-state index in [0.29, 0.717) is 16.7 Å². The molecule has 14 heavy (non-hydrogen) atoms. The first kappa shape index (κ1) is 11.0. The Morgan fingerprint density at radius 3 is 2.93 bits per heavy atom. The van der Waals surface area contributed by atoms with Gasteiger partial charge in [0, 0.05) is 11.0 Å². The number of nitrogens with zero attached hydrogens (tertiary/aromatic N) is 1. The van der Waals surface area contributed by atoms with Gasteiger partial charge in [0.2, 0.25) is 0 Å². The predicted octanol–water partition coefficient (Wildman–Crippen LogP) is 3.16. The number of anilines is 1. The van der Waals surface area contributed by atoms with Gasteiger partial charge in [0.15, 0.2) is 0 Å². The summed E-state index contributed by atoms with van der Waals surface area (Å²) in [4.78, 5) is 0. The number of benzene rings is 1. The minimum Gasteiger partial charge on any atom is -0.381 e. The topological polar surface area (TPSA) is 35.8 Å². The highest BCUT2D eigenvalue weighted by atomic mass is 79.9. The third-order valence-electron chi connectivity index (χ3n) is 1.75.